The standard InChI is InChI=1S/C18H20N2O2S.ClH/c1-23-16-8-4-14(5-9-16)18(21)20-15-6-2-13(3-7-15)17-12-19-10-11-22-17;/h2-9,17,19H,10-12H2,1H3,(H,20,21);1H/t17-;/m1./s1. The molecule has 0 unspecified atom stereocenters. The van der Waals surface area contributed by atoms with Gasteiger partial charge in [0, 0.05) is 29.2 Å². The summed E-state index contributed by atoms with van der Waals surface area (Å²) in [7, 11) is 0. The van der Waals surface area contributed by atoms with Crippen molar-refractivity contribution in [1.82, 2.24) is 5.32 Å². The van der Waals surface area contributed by atoms with Crippen molar-refractivity contribution in [3.8, 4) is 0 Å². The zero-order valence-corrected chi connectivity index (χ0v) is 15.1. The molecule has 2 aromatic carbocycles. The molecule has 1 amide bonds. The number of thioether (sulfide) groups is 1. The lowest BCUT2D eigenvalue weighted by Gasteiger charge is -2.24. The van der Waals surface area contributed by atoms with E-state index in [9.17, 15) is 4.79 Å². The first-order valence-corrected chi connectivity index (χ1v) is 8.86. The zero-order chi connectivity index (χ0) is 16.1. The van der Waals surface area contributed by atoms with Gasteiger partial charge in [-0.15, -0.1) is 24.2 Å². The van der Waals surface area contributed by atoms with Crippen LogP contribution >= 0.6 is 24.2 Å². The fraction of sp³-hybridized carbons (Fsp3) is 0.278. The Bertz CT molecular complexity index is 656. The van der Waals surface area contributed by atoms with Crippen molar-refractivity contribution in [2.24, 2.45) is 0 Å². The molecule has 1 fully saturated rings. The van der Waals surface area contributed by atoms with Crippen molar-refractivity contribution in [3.63, 3.8) is 0 Å². The highest BCUT2D eigenvalue weighted by atomic mass is 35.5. The second kappa shape index (κ2) is 9.08. The number of halogens is 1. The fourth-order valence-corrected chi connectivity index (χ4v) is 2.91. The Balaban J connectivity index is 0.00000208. The first-order chi connectivity index (χ1) is 11.3. The summed E-state index contributed by atoms with van der Waals surface area (Å²) in [5.41, 5.74) is 2.57. The topological polar surface area (TPSA) is 50.4 Å². The molecule has 1 aliphatic rings. The molecule has 0 spiro atoms. The molecule has 128 valence electrons. The summed E-state index contributed by atoms with van der Waals surface area (Å²) in [4.78, 5) is 13.4. The molecule has 1 heterocycles. The third-order valence-electron chi connectivity index (χ3n) is 3.82. The number of rotatable bonds is 4. The van der Waals surface area contributed by atoms with Gasteiger partial charge in [0.1, 0.15) is 0 Å². The SMILES string of the molecule is CSc1ccc(C(=O)Nc2ccc([C@H]3CNCCO3)cc2)cc1.Cl. The molecule has 0 saturated carbocycles. The first kappa shape index (κ1) is 18.8. The molecule has 1 aliphatic heterocycles. The molecule has 24 heavy (non-hydrogen) atoms. The van der Waals surface area contributed by atoms with Crippen LogP contribution in [0.4, 0.5) is 5.69 Å². The predicted molar refractivity (Wildman–Crippen MR) is 101 cm³/mol. The van der Waals surface area contributed by atoms with E-state index in [0.29, 0.717) is 5.56 Å². The lowest BCUT2D eigenvalue weighted by Crippen LogP contribution is -2.33. The Hall–Kier alpha value is -1.53. The van der Waals surface area contributed by atoms with E-state index in [4.69, 9.17) is 4.74 Å². The Morgan fingerprint density at radius 3 is 2.46 bits per heavy atom. The molecule has 1 atom stereocenters. The number of carbonyl (C=O) groups excluding carboxylic acids is 1. The van der Waals surface area contributed by atoms with Gasteiger partial charge in [0.2, 0.25) is 0 Å². The molecule has 2 N–H and O–H groups in total. The average molecular weight is 365 g/mol. The molecule has 0 aliphatic carbocycles. The van der Waals surface area contributed by atoms with Crippen molar-refractivity contribution in [2.75, 3.05) is 31.3 Å². The molecule has 2 aromatic rings. The monoisotopic (exact) mass is 364 g/mol. The van der Waals surface area contributed by atoms with Crippen LogP contribution in [0.3, 0.4) is 0 Å². The molecular weight excluding hydrogens is 344 g/mol. The number of ether oxygens (including phenoxy) is 1. The summed E-state index contributed by atoms with van der Waals surface area (Å²) >= 11 is 1.66. The van der Waals surface area contributed by atoms with E-state index >= 15 is 0 Å². The van der Waals surface area contributed by atoms with Crippen molar-refractivity contribution in [1.29, 1.82) is 0 Å². The van der Waals surface area contributed by atoms with Gasteiger partial charge in [0.05, 0.1) is 12.7 Å². The van der Waals surface area contributed by atoms with Crippen LogP contribution in [0.15, 0.2) is 53.4 Å². The van der Waals surface area contributed by atoms with Crippen LogP contribution < -0.4 is 10.6 Å². The number of carbonyl (C=O) groups is 1. The highest BCUT2D eigenvalue weighted by Crippen LogP contribution is 2.21. The first-order valence-electron chi connectivity index (χ1n) is 7.64. The molecule has 4 nitrogen and oxygen atoms in total. The quantitative estimate of drug-likeness (QED) is 0.811. The Morgan fingerprint density at radius 2 is 1.88 bits per heavy atom. The van der Waals surface area contributed by atoms with Gasteiger partial charge in [-0.25, -0.2) is 0 Å². The third kappa shape index (κ3) is 4.74. The maximum absolute atomic E-state index is 12.2. The van der Waals surface area contributed by atoms with E-state index in [1.165, 1.54) is 0 Å². The van der Waals surface area contributed by atoms with E-state index in [1.807, 2.05) is 54.8 Å². The Morgan fingerprint density at radius 1 is 1.17 bits per heavy atom. The minimum atomic E-state index is -0.0963. The van der Waals surface area contributed by atoms with Gasteiger partial charge in [-0.05, 0) is 48.2 Å². The number of hydrogen-bond donors (Lipinski definition) is 2. The summed E-state index contributed by atoms with van der Waals surface area (Å²) in [6.07, 6.45) is 2.11. The minimum absolute atomic E-state index is 0. The number of nitrogens with one attached hydrogen (secondary N) is 2. The van der Waals surface area contributed by atoms with Crippen LogP contribution in [0.2, 0.25) is 0 Å². The van der Waals surface area contributed by atoms with Gasteiger partial charge in [-0.3, -0.25) is 4.79 Å². The van der Waals surface area contributed by atoms with E-state index < -0.39 is 0 Å². The smallest absolute Gasteiger partial charge is 0.255 e. The van der Waals surface area contributed by atoms with Gasteiger partial charge >= 0.3 is 0 Å². The van der Waals surface area contributed by atoms with Crippen molar-refractivity contribution in [2.45, 2.75) is 11.0 Å². The number of anilines is 1. The number of morpholine rings is 1. The summed E-state index contributed by atoms with van der Waals surface area (Å²) in [5, 5.41) is 6.24. The maximum atomic E-state index is 12.2. The molecule has 0 radical (unpaired) electrons. The van der Waals surface area contributed by atoms with Gasteiger partial charge in [-0.1, -0.05) is 12.1 Å². The van der Waals surface area contributed by atoms with Crippen LogP contribution in [0.1, 0.15) is 22.0 Å². The second-order valence-corrected chi connectivity index (χ2v) is 6.25. The van der Waals surface area contributed by atoms with Crippen molar-refractivity contribution in [3.05, 3.63) is 59.7 Å². The fourth-order valence-electron chi connectivity index (χ4n) is 2.51. The summed E-state index contributed by atoms with van der Waals surface area (Å²) in [6, 6.07) is 15.4. The number of amides is 1. The van der Waals surface area contributed by atoms with Crippen molar-refractivity contribution < 1.29 is 9.53 Å². The van der Waals surface area contributed by atoms with E-state index in [0.717, 1.165) is 35.8 Å². The minimum Gasteiger partial charge on any atom is -0.371 e. The normalized spacial score (nSPS) is 17.0. The van der Waals surface area contributed by atoms with Gasteiger partial charge in [0.15, 0.2) is 0 Å². The van der Waals surface area contributed by atoms with Crippen LogP contribution in [0, 0.1) is 0 Å². The van der Waals surface area contributed by atoms with E-state index in [2.05, 4.69) is 10.6 Å². The van der Waals surface area contributed by atoms with Gasteiger partial charge in [0.25, 0.3) is 5.91 Å². The van der Waals surface area contributed by atoms with Crippen LogP contribution in [0.25, 0.3) is 0 Å². The summed E-state index contributed by atoms with van der Waals surface area (Å²) in [5.74, 6) is -0.0963. The molecule has 6 heteroatoms. The highest BCUT2D eigenvalue weighted by Gasteiger charge is 2.15. The molecule has 0 bridgehead atoms. The predicted octanol–water partition coefficient (Wildman–Crippen LogP) is 3.74. The number of benzene rings is 2. The lowest BCUT2D eigenvalue weighted by molar-refractivity contribution is 0.0277. The van der Waals surface area contributed by atoms with Gasteiger partial charge in [-0.2, -0.15) is 0 Å². The third-order valence-corrected chi connectivity index (χ3v) is 4.56. The maximum Gasteiger partial charge on any atom is 0.255 e. The summed E-state index contributed by atoms with van der Waals surface area (Å²) in [6.45, 7) is 2.46. The molecule has 1 saturated heterocycles. The molecule has 3 rings (SSSR count). The van der Waals surface area contributed by atoms with Crippen LogP contribution in [-0.4, -0.2) is 31.9 Å². The lowest BCUT2D eigenvalue weighted by atomic mass is 10.1. The number of hydrogen-bond acceptors (Lipinski definition) is 4. The summed E-state index contributed by atoms with van der Waals surface area (Å²) < 4.78 is 5.72. The Labute approximate surface area is 152 Å². The van der Waals surface area contributed by atoms with E-state index in [1.54, 1.807) is 11.8 Å². The van der Waals surface area contributed by atoms with E-state index in [-0.39, 0.29) is 24.4 Å². The Kier molecular flexibility index (Phi) is 7.12. The average Bonchev–Trinajstić information content (AvgIpc) is 2.63. The largest absolute Gasteiger partial charge is 0.371 e. The van der Waals surface area contributed by atoms with Crippen LogP contribution in [0.5, 0.6) is 0 Å². The van der Waals surface area contributed by atoms with Crippen molar-refractivity contribution >= 4 is 35.8 Å². The van der Waals surface area contributed by atoms with Crippen LogP contribution in [-0.2, 0) is 4.74 Å². The molecule has 0 aromatic heterocycles. The van der Waals surface area contributed by atoms with Gasteiger partial charge < -0.3 is 15.4 Å². The molecular formula is C18H21ClN2O2S. The zero-order valence-electron chi connectivity index (χ0n) is 13.5. The highest BCUT2D eigenvalue weighted by molar-refractivity contribution is 7.98. The second-order valence-electron chi connectivity index (χ2n) is 5.37.